The molecule has 0 bridgehead atoms. The Bertz CT molecular complexity index is 867. The van der Waals surface area contributed by atoms with E-state index in [1.54, 1.807) is 12.1 Å². The minimum Gasteiger partial charge on any atom is -0.168 e. The number of quaternary nitrogens is 1. The Hall–Kier alpha value is -2.08. The Labute approximate surface area is 153 Å². The lowest BCUT2D eigenvalue weighted by Crippen LogP contribution is -3.06. The van der Waals surface area contributed by atoms with Crippen LogP contribution in [0, 0.1) is 6.92 Å². The largest absolute Gasteiger partial charge is 0.336 e. The molecule has 0 aliphatic rings. The quantitative estimate of drug-likeness (QED) is 0.675. The summed E-state index contributed by atoms with van der Waals surface area (Å²) in [7, 11) is -3.53. The zero-order valence-electron chi connectivity index (χ0n) is 13.9. The monoisotopic (exact) mass is 370 g/mol. The summed E-state index contributed by atoms with van der Waals surface area (Å²) in [5.41, 5.74) is 2.02. The molecule has 3 aromatic carbocycles. The van der Waals surface area contributed by atoms with Crippen LogP contribution in [0.5, 0.6) is 0 Å². The van der Waals surface area contributed by atoms with E-state index in [0.717, 1.165) is 16.0 Å². The molecular weight excluding hydrogens is 350 g/mol. The van der Waals surface area contributed by atoms with Crippen molar-refractivity contribution in [2.24, 2.45) is 0 Å². The van der Waals surface area contributed by atoms with Crippen molar-refractivity contribution in [3.05, 3.63) is 96.1 Å². The number of nitrogens with one attached hydrogen (secondary N) is 1. The Morgan fingerprint density at radius 1 is 0.800 bits per heavy atom. The molecule has 0 aliphatic carbocycles. The predicted molar refractivity (Wildman–Crippen MR) is 102 cm³/mol. The second-order valence-electron chi connectivity index (χ2n) is 5.77. The first-order valence-corrected chi connectivity index (χ1v) is 10.3. The van der Waals surface area contributed by atoms with Crippen LogP contribution < -0.4 is 3.71 Å². The van der Waals surface area contributed by atoms with Gasteiger partial charge in [0.05, 0.1) is 4.90 Å². The third-order valence-corrected chi connectivity index (χ3v) is 7.22. The predicted octanol–water partition coefficient (Wildman–Crippen LogP) is 3.48. The van der Waals surface area contributed by atoms with E-state index < -0.39 is 10.0 Å². The molecule has 0 saturated carbocycles. The van der Waals surface area contributed by atoms with Crippen LogP contribution in [0.15, 0.2) is 94.7 Å². The van der Waals surface area contributed by atoms with Crippen molar-refractivity contribution >= 4 is 22.0 Å². The maximum Gasteiger partial charge on any atom is 0.336 e. The second-order valence-corrected chi connectivity index (χ2v) is 9.16. The molecule has 1 atom stereocenters. The van der Waals surface area contributed by atoms with E-state index in [9.17, 15) is 8.42 Å². The van der Waals surface area contributed by atoms with Crippen LogP contribution >= 0.6 is 11.9 Å². The highest BCUT2D eigenvalue weighted by atomic mass is 32.3. The smallest absolute Gasteiger partial charge is 0.168 e. The summed E-state index contributed by atoms with van der Waals surface area (Å²) in [4.78, 5) is 1.26. The molecule has 0 radical (unpaired) electrons. The highest BCUT2D eigenvalue weighted by Gasteiger charge is 2.30. The SMILES string of the molecule is Cc1ccc(S(=O)(=O)[NH+](Cc2ccccc2)Sc2ccccc2)cc1. The van der Waals surface area contributed by atoms with Gasteiger partial charge < -0.3 is 0 Å². The molecule has 3 rings (SSSR count). The molecule has 25 heavy (non-hydrogen) atoms. The van der Waals surface area contributed by atoms with Gasteiger partial charge in [0.25, 0.3) is 0 Å². The summed E-state index contributed by atoms with van der Waals surface area (Å²) < 4.78 is 26.8. The molecule has 3 aromatic rings. The topological polar surface area (TPSA) is 38.6 Å². The van der Waals surface area contributed by atoms with Crippen molar-refractivity contribution in [2.75, 3.05) is 0 Å². The number of benzene rings is 3. The van der Waals surface area contributed by atoms with Crippen molar-refractivity contribution in [2.45, 2.75) is 23.3 Å². The zero-order valence-corrected chi connectivity index (χ0v) is 15.6. The van der Waals surface area contributed by atoms with E-state index in [0.29, 0.717) is 15.2 Å². The van der Waals surface area contributed by atoms with Crippen LogP contribution in [-0.2, 0) is 16.6 Å². The normalized spacial score (nSPS) is 12.7. The number of sulfonamides is 1. The molecule has 0 fully saturated rings. The number of hydrogen-bond donors (Lipinski definition) is 1. The van der Waals surface area contributed by atoms with E-state index in [4.69, 9.17) is 0 Å². The van der Waals surface area contributed by atoms with Crippen LogP contribution in [-0.4, -0.2) is 8.42 Å². The summed E-state index contributed by atoms with van der Waals surface area (Å²) in [5.74, 6) is 0. The first-order valence-electron chi connectivity index (χ1n) is 8.00. The first-order chi connectivity index (χ1) is 12.1. The van der Waals surface area contributed by atoms with Gasteiger partial charge in [0.1, 0.15) is 23.4 Å². The molecule has 5 heteroatoms. The van der Waals surface area contributed by atoms with Crippen LogP contribution in [0.3, 0.4) is 0 Å². The Kier molecular flexibility index (Phi) is 5.58. The highest BCUT2D eigenvalue weighted by Crippen LogP contribution is 2.15. The van der Waals surface area contributed by atoms with Crippen LogP contribution in [0.25, 0.3) is 0 Å². The van der Waals surface area contributed by atoms with E-state index in [2.05, 4.69) is 0 Å². The summed E-state index contributed by atoms with van der Waals surface area (Å²) in [6, 6.07) is 26.4. The Morgan fingerprint density at radius 2 is 1.36 bits per heavy atom. The molecule has 1 N–H and O–H groups in total. The lowest BCUT2D eigenvalue weighted by atomic mass is 10.2. The van der Waals surface area contributed by atoms with Crippen molar-refractivity contribution in [3.63, 3.8) is 0 Å². The standard InChI is InChI=1S/C20H19NO2S2/c1-17-12-14-20(15-13-17)25(22,23)21(16-18-8-4-2-5-9-18)24-19-10-6-3-7-11-19/h2-15H,16H2,1H3/p+1. The van der Waals surface area contributed by atoms with E-state index in [1.165, 1.54) is 11.9 Å². The van der Waals surface area contributed by atoms with Gasteiger partial charge in [0.15, 0.2) is 0 Å². The van der Waals surface area contributed by atoms with Gasteiger partial charge in [-0.1, -0.05) is 66.2 Å². The molecule has 3 nitrogen and oxygen atoms in total. The van der Waals surface area contributed by atoms with Crippen LogP contribution in [0.2, 0.25) is 0 Å². The minimum atomic E-state index is -3.53. The molecule has 0 saturated heterocycles. The van der Waals surface area contributed by atoms with E-state index in [-0.39, 0.29) is 0 Å². The molecule has 0 amide bonds. The molecule has 0 spiro atoms. The number of aryl methyl sites for hydroxylation is 1. The third kappa shape index (κ3) is 4.51. The van der Waals surface area contributed by atoms with Crippen molar-refractivity contribution in [1.29, 1.82) is 0 Å². The summed E-state index contributed by atoms with van der Waals surface area (Å²) in [6.07, 6.45) is 0. The van der Waals surface area contributed by atoms with Crippen molar-refractivity contribution in [1.82, 2.24) is 0 Å². The third-order valence-electron chi connectivity index (χ3n) is 3.80. The second kappa shape index (κ2) is 7.87. The van der Waals surface area contributed by atoms with Gasteiger partial charge in [0.2, 0.25) is 0 Å². The lowest BCUT2D eigenvalue weighted by Gasteiger charge is -2.17. The molecular formula is C20H20NO2S2+. The molecule has 0 aromatic heterocycles. The lowest BCUT2D eigenvalue weighted by molar-refractivity contribution is -0.622. The van der Waals surface area contributed by atoms with E-state index in [1.807, 2.05) is 79.7 Å². The zero-order chi connectivity index (χ0) is 17.7. The van der Waals surface area contributed by atoms with Gasteiger partial charge in [-0.15, -0.1) is 0 Å². The first kappa shape index (κ1) is 17.7. The van der Waals surface area contributed by atoms with Crippen molar-refractivity contribution in [3.8, 4) is 0 Å². The highest BCUT2D eigenvalue weighted by molar-refractivity contribution is 8.01. The molecule has 0 heterocycles. The summed E-state index contributed by atoms with van der Waals surface area (Å²) >= 11 is 1.32. The molecule has 1 unspecified atom stereocenters. The molecule has 128 valence electrons. The van der Waals surface area contributed by atoms with Gasteiger partial charge in [-0.3, -0.25) is 0 Å². The van der Waals surface area contributed by atoms with Crippen molar-refractivity contribution < 1.29 is 12.1 Å². The minimum absolute atomic E-state index is 0.340. The van der Waals surface area contributed by atoms with E-state index >= 15 is 0 Å². The maximum absolute atomic E-state index is 13.2. The fourth-order valence-corrected chi connectivity index (χ4v) is 5.34. The van der Waals surface area contributed by atoms with Gasteiger partial charge >= 0.3 is 10.0 Å². The van der Waals surface area contributed by atoms with Gasteiger partial charge in [0, 0.05) is 5.56 Å². The Morgan fingerprint density at radius 3 is 1.96 bits per heavy atom. The number of rotatable bonds is 6. The fourth-order valence-electron chi connectivity index (χ4n) is 2.42. The summed E-state index contributed by atoms with van der Waals surface area (Å²) in [5, 5.41) is 0. The summed E-state index contributed by atoms with van der Waals surface area (Å²) in [6.45, 7) is 2.33. The average molecular weight is 371 g/mol. The van der Waals surface area contributed by atoms with Gasteiger partial charge in [-0.25, -0.2) is 0 Å². The van der Waals surface area contributed by atoms with Crippen LogP contribution in [0.1, 0.15) is 11.1 Å². The Balaban J connectivity index is 1.95. The van der Waals surface area contributed by atoms with Gasteiger partial charge in [-0.2, -0.15) is 12.1 Å². The van der Waals surface area contributed by atoms with Gasteiger partial charge in [-0.05, 0) is 31.2 Å². The number of hydrogen-bond acceptors (Lipinski definition) is 3. The maximum atomic E-state index is 13.2. The average Bonchev–Trinajstić information content (AvgIpc) is 2.63. The van der Waals surface area contributed by atoms with Crippen LogP contribution in [0.4, 0.5) is 0 Å². The molecule has 0 aliphatic heterocycles. The fraction of sp³-hybridized carbons (Fsp3) is 0.100.